The molecule has 0 radical (unpaired) electrons. The lowest BCUT2D eigenvalue weighted by atomic mass is 9.97. The van der Waals surface area contributed by atoms with Gasteiger partial charge in [0.2, 0.25) is 10.0 Å². The van der Waals surface area contributed by atoms with Crippen molar-refractivity contribution in [3.05, 3.63) is 82.9 Å². The van der Waals surface area contributed by atoms with Crippen LogP contribution in [0.15, 0.2) is 58.0 Å². The predicted molar refractivity (Wildman–Crippen MR) is 123 cm³/mol. The summed E-state index contributed by atoms with van der Waals surface area (Å²) in [5.41, 5.74) is 2.56. The van der Waals surface area contributed by atoms with E-state index in [9.17, 15) is 27.1 Å². The van der Waals surface area contributed by atoms with Gasteiger partial charge >= 0.3 is 12.0 Å². The normalized spacial score (nSPS) is 13.8. The van der Waals surface area contributed by atoms with E-state index in [4.69, 9.17) is 9.56 Å². The van der Waals surface area contributed by atoms with E-state index in [1.807, 2.05) is 0 Å². The Kier molecular flexibility index (Phi) is 5.92. The summed E-state index contributed by atoms with van der Waals surface area (Å²) in [4.78, 5) is 14.8. The largest absolute Gasteiger partial charge is 0.476 e. The first-order chi connectivity index (χ1) is 17.1. The smallest absolute Gasteiger partial charge is 0.357 e. The van der Waals surface area contributed by atoms with Crippen LogP contribution in [0.4, 0.5) is 8.78 Å². The van der Waals surface area contributed by atoms with Crippen LogP contribution in [0, 0.1) is 17.6 Å². The van der Waals surface area contributed by atoms with Crippen molar-refractivity contribution in [2.24, 2.45) is 11.1 Å². The van der Waals surface area contributed by atoms with E-state index in [2.05, 4.69) is 10.1 Å². The molecule has 1 fully saturated rings. The standard InChI is InChI=1S/C24H20F2N4O5S/c25-16-6-4-15(5-7-16)22-17(9-14-3-8-21(18(26)10-14)36(27,33)34)20(11-13-1-2-13)30(29-22)24-28-19(12-35-24)23(31)32/h3-8,10,12-13H,1-2,9,11H2,(H,31,32)(H2,27,33,34). The predicted octanol–water partition coefficient (Wildman–Crippen LogP) is 3.69. The molecule has 4 aromatic rings. The van der Waals surface area contributed by atoms with Crippen molar-refractivity contribution >= 4 is 16.0 Å². The quantitative estimate of drug-likeness (QED) is 0.365. The number of sulfonamides is 1. The number of nitrogens with two attached hydrogens (primary N) is 1. The molecule has 9 nitrogen and oxygen atoms in total. The molecule has 1 aliphatic rings. The summed E-state index contributed by atoms with van der Waals surface area (Å²) in [5, 5.41) is 19.0. The minimum Gasteiger partial charge on any atom is -0.476 e. The SMILES string of the molecule is NS(=O)(=O)c1ccc(Cc2c(-c3ccc(F)cc3)nn(-c3nc(C(=O)O)co3)c2CC2CC2)cc1F. The van der Waals surface area contributed by atoms with Crippen LogP contribution in [-0.4, -0.2) is 34.3 Å². The maximum absolute atomic E-state index is 14.6. The highest BCUT2D eigenvalue weighted by Crippen LogP contribution is 2.37. The minimum atomic E-state index is -4.23. The number of rotatable bonds is 8. The first-order valence-electron chi connectivity index (χ1n) is 11.0. The molecule has 1 saturated carbocycles. The molecule has 36 heavy (non-hydrogen) atoms. The molecular formula is C24H20F2N4O5S. The molecule has 0 saturated heterocycles. The van der Waals surface area contributed by atoms with E-state index in [1.54, 1.807) is 12.1 Å². The second-order valence-corrected chi connectivity index (χ2v) is 10.2. The van der Waals surface area contributed by atoms with Gasteiger partial charge in [-0.15, -0.1) is 0 Å². The van der Waals surface area contributed by atoms with Gasteiger partial charge in [-0.1, -0.05) is 6.07 Å². The number of carboxylic acid groups (broad SMARTS) is 1. The number of primary sulfonamides is 1. The van der Waals surface area contributed by atoms with Gasteiger partial charge in [-0.2, -0.15) is 14.8 Å². The second-order valence-electron chi connectivity index (χ2n) is 8.65. The van der Waals surface area contributed by atoms with E-state index in [1.165, 1.54) is 22.9 Å². The number of hydrogen-bond acceptors (Lipinski definition) is 6. The van der Waals surface area contributed by atoms with Crippen LogP contribution in [0.1, 0.15) is 40.2 Å². The fourth-order valence-corrected chi connectivity index (χ4v) is 4.61. The molecule has 3 N–H and O–H groups in total. The third-order valence-corrected chi connectivity index (χ3v) is 6.91. The van der Waals surface area contributed by atoms with Crippen molar-refractivity contribution in [3.8, 4) is 17.3 Å². The third kappa shape index (κ3) is 4.77. The maximum atomic E-state index is 14.6. The Morgan fingerprint density at radius 3 is 2.47 bits per heavy atom. The van der Waals surface area contributed by atoms with Crippen LogP contribution < -0.4 is 5.14 Å². The topological polar surface area (TPSA) is 141 Å². The van der Waals surface area contributed by atoms with Crippen LogP contribution >= 0.6 is 0 Å². The van der Waals surface area contributed by atoms with Crippen LogP contribution in [0.5, 0.6) is 0 Å². The number of aromatic carboxylic acids is 1. The molecule has 2 aromatic carbocycles. The fraction of sp³-hybridized carbons (Fsp3) is 0.208. The fourth-order valence-electron chi connectivity index (χ4n) is 4.02. The molecule has 0 amide bonds. The molecule has 0 bridgehead atoms. The second kappa shape index (κ2) is 8.95. The summed E-state index contributed by atoms with van der Waals surface area (Å²) in [6.07, 6.45) is 3.74. The monoisotopic (exact) mass is 514 g/mol. The molecule has 2 aromatic heterocycles. The first kappa shape index (κ1) is 23.8. The van der Waals surface area contributed by atoms with Crippen LogP contribution in [0.2, 0.25) is 0 Å². The molecule has 0 atom stereocenters. The highest BCUT2D eigenvalue weighted by atomic mass is 32.2. The van der Waals surface area contributed by atoms with Crippen molar-refractivity contribution < 1.29 is 31.5 Å². The zero-order valence-electron chi connectivity index (χ0n) is 18.7. The van der Waals surface area contributed by atoms with Crippen molar-refractivity contribution in [2.45, 2.75) is 30.6 Å². The van der Waals surface area contributed by atoms with Crippen molar-refractivity contribution in [2.75, 3.05) is 0 Å². The molecule has 5 rings (SSSR count). The van der Waals surface area contributed by atoms with E-state index < -0.39 is 32.5 Å². The Morgan fingerprint density at radius 1 is 1.17 bits per heavy atom. The summed E-state index contributed by atoms with van der Waals surface area (Å²) < 4.78 is 58.3. The molecule has 0 aliphatic heterocycles. The highest BCUT2D eigenvalue weighted by Gasteiger charge is 2.30. The van der Waals surface area contributed by atoms with Gasteiger partial charge < -0.3 is 9.52 Å². The minimum absolute atomic E-state index is 0.0478. The number of carbonyl (C=O) groups is 1. The highest BCUT2D eigenvalue weighted by molar-refractivity contribution is 7.89. The van der Waals surface area contributed by atoms with Gasteiger partial charge in [0, 0.05) is 17.5 Å². The Hall–Kier alpha value is -3.90. The Labute approximate surface area is 204 Å². The Morgan fingerprint density at radius 2 is 1.89 bits per heavy atom. The number of halogens is 2. The summed E-state index contributed by atoms with van der Waals surface area (Å²) in [5.74, 6) is -2.30. The number of oxazole rings is 1. The van der Waals surface area contributed by atoms with Crippen LogP contribution in [0.3, 0.4) is 0 Å². The van der Waals surface area contributed by atoms with Gasteiger partial charge in [-0.25, -0.2) is 27.1 Å². The Bertz CT molecular complexity index is 1570. The summed E-state index contributed by atoms with van der Waals surface area (Å²) >= 11 is 0. The number of hydrogen-bond donors (Lipinski definition) is 2. The van der Waals surface area contributed by atoms with Gasteiger partial charge in [-0.3, -0.25) is 0 Å². The first-order valence-corrected chi connectivity index (χ1v) is 12.5. The van der Waals surface area contributed by atoms with Gasteiger partial charge in [-0.05, 0) is 67.1 Å². The van der Waals surface area contributed by atoms with Crippen molar-refractivity contribution in [3.63, 3.8) is 0 Å². The van der Waals surface area contributed by atoms with E-state index in [-0.39, 0.29) is 18.1 Å². The number of aromatic nitrogens is 3. The number of benzene rings is 2. The van der Waals surface area contributed by atoms with Crippen molar-refractivity contribution in [1.29, 1.82) is 0 Å². The van der Waals surface area contributed by atoms with E-state index in [0.717, 1.165) is 31.2 Å². The summed E-state index contributed by atoms with van der Waals surface area (Å²) in [6.45, 7) is 0. The zero-order chi connectivity index (χ0) is 25.6. The molecule has 2 heterocycles. The van der Waals surface area contributed by atoms with Crippen LogP contribution in [-0.2, 0) is 22.9 Å². The van der Waals surface area contributed by atoms with Gasteiger partial charge in [0.05, 0.1) is 11.4 Å². The Balaban J connectivity index is 1.67. The lowest BCUT2D eigenvalue weighted by Crippen LogP contribution is -2.14. The molecule has 186 valence electrons. The molecular weight excluding hydrogens is 494 g/mol. The summed E-state index contributed by atoms with van der Waals surface area (Å²) in [7, 11) is -4.23. The average Bonchev–Trinajstić information content (AvgIpc) is 3.37. The van der Waals surface area contributed by atoms with Gasteiger partial charge in [0.1, 0.15) is 22.8 Å². The van der Waals surface area contributed by atoms with E-state index in [0.29, 0.717) is 40.4 Å². The van der Waals surface area contributed by atoms with E-state index >= 15 is 0 Å². The van der Waals surface area contributed by atoms with Crippen molar-refractivity contribution in [1.82, 2.24) is 14.8 Å². The molecule has 12 heteroatoms. The lowest BCUT2D eigenvalue weighted by Gasteiger charge is -2.09. The lowest BCUT2D eigenvalue weighted by molar-refractivity contribution is 0.0690. The molecule has 0 unspecified atom stereocenters. The van der Waals surface area contributed by atoms with Crippen LogP contribution in [0.25, 0.3) is 17.3 Å². The molecule has 1 aliphatic carbocycles. The molecule has 0 spiro atoms. The summed E-state index contributed by atoms with van der Waals surface area (Å²) in [6, 6.07) is 9.29. The average molecular weight is 515 g/mol. The third-order valence-electron chi connectivity index (χ3n) is 5.96. The number of carboxylic acids is 1. The zero-order valence-corrected chi connectivity index (χ0v) is 19.5. The maximum Gasteiger partial charge on any atom is 0.357 e. The van der Waals surface area contributed by atoms with Gasteiger partial charge in [0.15, 0.2) is 5.69 Å². The van der Waals surface area contributed by atoms with Gasteiger partial charge in [0.25, 0.3) is 0 Å². The number of nitrogens with zero attached hydrogens (tertiary/aromatic N) is 3.